The Kier molecular flexibility index (Phi) is 5.37. The molecule has 0 radical (unpaired) electrons. The van der Waals surface area contributed by atoms with Crippen LogP contribution in [0.15, 0.2) is 77.3 Å². The minimum absolute atomic E-state index is 0.0173. The lowest BCUT2D eigenvalue weighted by molar-refractivity contribution is -0.159. The number of methoxy groups -OCH3 is 1. The zero-order valence-corrected chi connectivity index (χ0v) is 20.8. The van der Waals surface area contributed by atoms with E-state index in [0.717, 1.165) is 43.5 Å². The fraction of sp³-hybridized carbons (Fsp3) is 0.214. The van der Waals surface area contributed by atoms with E-state index in [4.69, 9.17) is 4.74 Å². The number of para-hydroxylation sites is 1. The summed E-state index contributed by atoms with van der Waals surface area (Å²) in [5.74, 6) is 0.700. The third-order valence-corrected chi connectivity index (χ3v) is 7.53. The molecule has 176 valence electrons. The van der Waals surface area contributed by atoms with Gasteiger partial charge in [0.1, 0.15) is 18.3 Å². The molecular formula is C28H24BrN3O3. The van der Waals surface area contributed by atoms with Crippen molar-refractivity contribution in [2.75, 3.05) is 13.7 Å². The molecule has 7 heteroatoms. The number of rotatable bonds is 4. The molecule has 2 aliphatic rings. The molecular weight excluding hydrogens is 506 g/mol. The van der Waals surface area contributed by atoms with Gasteiger partial charge in [0, 0.05) is 34.0 Å². The smallest absolute Gasteiger partial charge is 0.246 e. The summed E-state index contributed by atoms with van der Waals surface area (Å²) >= 11 is 3.58. The number of nitrogens with zero attached hydrogens (tertiary/aromatic N) is 2. The summed E-state index contributed by atoms with van der Waals surface area (Å²) in [5.41, 5.74) is 5.06. The molecule has 6 nitrogen and oxygen atoms in total. The van der Waals surface area contributed by atoms with Gasteiger partial charge in [-0.25, -0.2) is 0 Å². The van der Waals surface area contributed by atoms with Gasteiger partial charge in [0.25, 0.3) is 0 Å². The fourth-order valence-corrected chi connectivity index (χ4v) is 5.85. The number of benzene rings is 3. The van der Waals surface area contributed by atoms with Crippen LogP contribution in [0.4, 0.5) is 0 Å². The predicted molar refractivity (Wildman–Crippen MR) is 137 cm³/mol. The molecule has 2 amide bonds. The lowest BCUT2D eigenvalue weighted by Gasteiger charge is -2.47. The van der Waals surface area contributed by atoms with Gasteiger partial charge in [-0.3, -0.25) is 9.59 Å². The number of hydrogen-bond acceptors (Lipinski definition) is 3. The normalized spacial score (nSPS) is 19.6. The number of carbonyl (C=O) groups excluding carboxylic acids is 2. The van der Waals surface area contributed by atoms with E-state index in [1.54, 1.807) is 16.9 Å². The van der Waals surface area contributed by atoms with E-state index >= 15 is 0 Å². The molecule has 1 fully saturated rings. The molecule has 3 heterocycles. The number of halogens is 1. The Bertz CT molecular complexity index is 1450. The summed E-state index contributed by atoms with van der Waals surface area (Å²) in [6.07, 6.45) is 0.494. The van der Waals surface area contributed by atoms with Gasteiger partial charge in [0.15, 0.2) is 0 Å². The average Bonchev–Trinajstić information content (AvgIpc) is 3.24. The molecule has 2 aliphatic heterocycles. The van der Waals surface area contributed by atoms with Crippen molar-refractivity contribution >= 4 is 38.6 Å². The van der Waals surface area contributed by atoms with Crippen molar-refractivity contribution in [2.45, 2.75) is 25.0 Å². The molecule has 0 bridgehead atoms. The van der Waals surface area contributed by atoms with Crippen molar-refractivity contribution < 1.29 is 14.3 Å². The highest BCUT2D eigenvalue weighted by Gasteiger charge is 2.48. The van der Waals surface area contributed by atoms with Gasteiger partial charge in [-0.1, -0.05) is 58.4 Å². The molecule has 3 aromatic carbocycles. The highest BCUT2D eigenvalue weighted by molar-refractivity contribution is 9.10. The average molecular weight is 530 g/mol. The van der Waals surface area contributed by atoms with Crippen LogP contribution < -0.4 is 4.74 Å². The molecule has 35 heavy (non-hydrogen) atoms. The molecule has 1 saturated heterocycles. The Morgan fingerprint density at radius 2 is 1.83 bits per heavy atom. The monoisotopic (exact) mass is 529 g/mol. The van der Waals surface area contributed by atoms with Crippen LogP contribution in [-0.4, -0.2) is 46.3 Å². The van der Waals surface area contributed by atoms with Crippen molar-refractivity contribution in [3.8, 4) is 5.75 Å². The van der Waals surface area contributed by atoms with Crippen LogP contribution in [0.25, 0.3) is 10.9 Å². The second kappa shape index (κ2) is 8.57. The highest BCUT2D eigenvalue weighted by Crippen LogP contribution is 2.43. The molecule has 6 rings (SSSR count). The lowest BCUT2D eigenvalue weighted by atomic mass is 9.86. The van der Waals surface area contributed by atoms with Crippen LogP contribution in [0.2, 0.25) is 0 Å². The molecule has 2 unspecified atom stereocenters. The van der Waals surface area contributed by atoms with E-state index in [-0.39, 0.29) is 24.4 Å². The lowest BCUT2D eigenvalue weighted by Crippen LogP contribution is -2.62. The van der Waals surface area contributed by atoms with E-state index < -0.39 is 6.04 Å². The molecule has 2 atom stereocenters. The number of fused-ring (bicyclic) bond motifs is 4. The number of piperazine rings is 1. The molecule has 4 aromatic rings. The van der Waals surface area contributed by atoms with E-state index in [1.807, 2.05) is 66.7 Å². The summed E-state index contributed by atoms with van der Waals surface area (Å²) in [5, 5.41) is 1.11. The van der Waals surface area contributed by atoms with Gasteiger partial charge in [0.05, 0.1) is 13.2 Å². The third-order valence-electron chi connectivity index (χ3n) is 7.04. The predicted octanol–water partition coefficient (Wildman–Crippen LogP) is 4.82. The number of hydrogen-bond donors (Lipinski definition) is 1. The summed E-state index contributed by atoms with van der Waals surface area (Å²) < 4.78 is 6.18. The Morgan fingerprint density at radius 3 is 2.60 bits per heavy atom. The van der Waals surface area contributed by atoms with Gasteiger partial charge in [-0.05, 0) is 47.0 Å². The van der Waals surface area contributed by atoms with Crippen LogP contribution in [0, 0.1) is 0 Å². The number of carbonyl (C=O) groups is 2. The van der Waals surface area contributed by atoms with Crippen LogP contribution >= 0.6 is 15.9 Å². The Balaban J connectivity index is 1.42. The maximum Gasteiger partial charge on any atom is 0.246 e. The largest absolute Gasteiger partial charge is 0.497 e. The molecule has 1 aromatic heterocycles. The Morgan fingerprint density at radius 1 is 1.03 bits per heavy atom. The van der Waals surface area contributed by atoms with Gasteiger partial charge in [-0.2, -0.15) is 0 Å². The first-order chi connectivity index (χ1) is 17.0. The van der Waals surface area contributed by atoms with E-state index in [0.29, 0.717) is 13.0 Å². The topological polar surface area (TPSA) is 65.6 Å². The van der Waals surface area contributed by atoms with Gasteiger partial charge < -0.3 is 19.5 Å². The van der Waals surface area contributed by atoms with Crippen molar-refractivity contribution in [3.05, 3.63) is 99.7 Å². The van der Waals surface area contributed by atoms with Crippen LogP contribution in [0.3, 0.4) is 0 Å². The number of H-pyrrole nitrogens is 1. The first kappa shape index (κ1) is 21.9. The van der Waals surface area contributed by atoms with Crippen molar-refractivity contribution in [1.82, 2.24) is 14.8 Å². The maximum absolute atomic E-state index is 13.8. The van der Waals surface area contributed by atoms with Gasteiger partial charge in [0.2, 0.25) is 11.8 Å². The van der Waals surface area contributed by atoms with E-state index in [2.05, 4.69) is 27.0 Å². The Labute approximate surface area is 211 Å². The highest BCUT2D eigenvalue weighted by atomic mass is 79.9. The third kappa shape index (κ3) is 3.71. The zero-order chi connectivity index (χ0) is 24.1. The fourth-order valence-electron chi connectivity index (χ4n) is 5.43. The first-order valence-corrected chi connectivity index (χ1v) is 12.4. The van der Waals surface area contributed by atoms with Gasteiger partial charge in [-0.15, -0.1) is 0 Å². The van der Waals surface area contributed by atoms with Gasteiger partial charge >= 0.3 is 0 Å². The minimum Gasteiger partial charge on any atom is -0.497 e. The number of amides is 2. The first-order valence-electron chi connectivity index (χ1n) is 11.6. The zero-order valence-electron chi connectivity index (χ0n) is 19.2. The number of ether oxygens (including phenoxy) is 1. The quantitative estimate of drug-likeness (QED) is 0.412. The van der Waals surface area contributed by atoms with E-state index in [9.17, 15) is 9.59 Å². The SMILES string of the molecule is COc1ccc(CN2CC(=O)N3C(Cc4c([nH]c5ccccc45)C3c3cccc(Br)c3)C2=O)cc1. The number of aromatic nitrogens is 1. The molecule has 0 saturated carbocycles. The summed E-state index contributed by atoms with van der Waals surface area (Å²) in [6.45, 7) is 0.447. The van der Waals surface area contributed by atoms with Crippen LogP contribution in [0.1, 0.15) is 28.4 Å². The summed E-state index contributed by atoms with van der Waals surface area (Å²) in [7, 11) is 1.63. The second-order valence-electron chi connectivity index (χ2n) is 9.08. The van der Waals surface area contributed by atoms with Crippen LogP contribution in [0.5, 0.6) is 5.75 Å². The van der Waals surface area contributed by atoms with Crippen molar-refractivity contribution in [3.63, 3.8) is 0 Å². The van der Waals surface area contributed by atoms with E-state index in [1.165, 1.54) is 0 Å². The summed E-state index contributed by atoms with van der Waals surface area (Å²) in [6, 6.07) is 22.9. The molecule has 0 spiro atoms. The number of nitrogens with one attached hydrogen (secondary N) is 1. The maximum atomic E-state index is 13.8. The Hall–Kier alpha value is -3.58. The van der Waals surface area contributed by atoms with Crippen molar-refractivity contribution in [2.24, 2.45) is 0 Å². The minimum atomic E-state index is -0.551. The molecule has 1 N–H and O–H groups in total. The van der Waals surface area contributed by atoms with Crippen molar-refractivity contribution in [1.29, 1.82) is 0 Å². The number of aromatic amines is 1. The second-order valence-corrected chi connectivity index (χ2v) is 10.00. The molecule has 0 aliphatic carbocycles. The van der Waals surface area contributed by atoms with Crippen LogP contribution in [-0.2, 0) is 22.6 Å². The standard InChI is InChI=1S/C28H24BrN3O3/c1-35-20-11-9-17(10-12-20)15-31-16-25(33)32-24(28(31)34)14-22-21-7-2-3-8-23(21)30-26(22)27(32)18-5-4-6-19(29)13-18/h2-13,24,27,30H,14-16H2,1H3. The summed E-state index contributed by atoms with van der Waals surface area (Å²) in [4.78, 5) is 34.5.